The van der Waals surface area contributed by atoms with Gasteiger partial charge in [-0.05, 0) is 37.1 Å². The number of aryl methyl sites for hydroxylation is 3. The van der Waals surface area contributed by atoms with Crippen LogP contribution in [0.15, 0.2) is 16.9 Å². The number of hydrogen-bond donors (Lipinski definition) is 0. The zero-order valence-electron chi connectivity index (χ0n) is 12.8. The Labute approximate surface area is 121 Å². The second kappa shape index (κ2) is 4.51. The molecule has 6 nitrogen and oxygen atoms in total. The van der Waals surface area contributed by atoms with Crippen LogP contribution in [-0.4, -0.2) is 21.6 Å². The summed E-state index contributed by atoms with van der Waals surface area (Å²) in [5, 5.41) is 0. The zero-order chi connectivity index (χ0) is 15.3. The molecule has 21 heavy (non-hydrogen) atoms. The Kier molecular flexibility index (Phi) is 2.90. The number of methoxy groups -OCH3 is 1. The van der Waals surface area contributed by atoms with E-state index in [9.17, 15) is 4.79 Å². The van der Waals surface area contributed by atoms with Gasteiger partial charge in [0, 0.05) is 12.0 Å². The van der Waals surface area contributed by atoms with E-state index < -0.39 is 0 Å². The molecule has 0 unspecified atom stereocenters. The number of nitrogens with zero attached hydrogens (tertiary/aromatic N) is 4. The van der Waals surface area contributed by atoms with E-state index in [1.165, 1.54) is 17.2 Å². The summed E-state index contributed by atoms with van der Waals surface area (Å²) in [4.78, 5) is 21.3. The molecule has 2 heterocycles. The molecule has 0 bridgehead atoms. The van der Waals surface area contributed by atoms with Crippen LogP contribution >= 0.6 is 0 Å². The summed E-state index contributed by atoms with van der Waals surface area (Å²) < 4.78 is 8.40. The first kappa shape index (κ1) is 13.5. The zero-order valence-corrected chi connectivity index (χ0v) is 12.8. The van der Waals surface area contributed by atoms with E-state index in [1.807, 2.05) is 24.6 Å². The molecule has 0 aliphatic carbocycles. The highest BCUT2D eigenvalue weighted by atomic mass is 16.5. The van der Waals surface area contributed by atoms with Gasteiger partial charge < -0.3 is 4.74 Å². The monoisotopic (exact) mass is 285 g/mol. The van der Waals surface area contributed by atoms with Crippen molar-refractivity contribution in [2.75, 3.05) is 7.11 Å². The van der Waals surface area contributed by atoms with Gasteiger partial charge in [0.1, 0.15) is 5.52 Å². The van der Waals surface area contributed by atoms with Crippen LogP contribution in [0, 0.1) is 13.8 Å². The first-order valence-electron chi connectivity index (χ1n) is 6.65. The lowest BCUT2D eigenvalue weighted by atomic mass is 10.1. The summed E-state index contributed by atoms with van der Waals surface area (Å²) >= 11 is 0. The number of rotatable bonds is 1. The Morgan fingerprint density at radius 1 is 1.19 bits per heavy atom. The van der Waals surface area contributed by atoms with Crippen LogP contribution in [0.25, 0.3) is 22.2 Å². The van der Waals surface area contributed by atoms with Crippen LogP contribution in [0.2, 0.25) is 0 Å². The van der Waals surface area contributed by atoms with Crippen molar-refractivity contribution in [3.63, 3.8) is 0 Å². The summed E-state index contributed by atoms with van der Waals surface area (Å²) in [5.41, 5.74) is 4.70. The summed E-state index contributed by atoms with van der Waals surface area (Å²) in [6.07, 6.45) is 0. The molecule has 1 aromatic carbocycles. The van der Waals surface area contributed by atoms with Crippen LogP contribution in [0.5, 0.6) is 6.01 Å². The Morgan fingerprint density at radius 3 is 2.52 bits per heavy atom. The van der Waals surface area contributed by atoms with Crippen molar-refractivity contribution in [1.29, 1.82) is 0 Å². The smallest absolute Gasteiger partial charge is 0.416 e. The Hall–Kier alpha value is -2.50. The van der Waals surface area contributed by atoms with Gasteiger partial charge in [-0.2, -0.15) is 0 Å². The number of hydrogen-bond acceptors (Lipinski definition) is 4. The van der Waals surface area contributed by atoms with Crippen LogP contribution in [-0.2, 0) is 14.1 Å². The van der Waals surface area contributed by atoms with E-state index in [1.54, 1.807) is 7.05 Å². The minimum atomic E-state index is -0.215. The summed E-state index contributed by atoms with van der Waals surface area (Å²) in [6.45, 7) is 4.09. The van der Waals surface area contributed by atoms with Gasteiger partial charge in [0.15, 0.2) is 5.52 Å². The topological polar surface area (TPSA) is 60.9 Å². The van der Waals surface area contributed by atoms with Crippen LogP contribution in [0.1, 0.15) is 11.1 Å². The predicted octanol–water partition coefficient (Wildman–Crippen LogP) is 0.932. The van der Waals surface area contributed by atoms with Crippen molar-refractivity contribution in [3.05, 3.63) is 33.6 Å². The highest BCUT2D eigenvalue weighted by molar-refractivity contribution is 5.80. The lowest BCUT2D eigenvalue weighted by molar-refractivity contribution is -0.620. The molecule has 0 saturated carbocycles. The average molecular weight is 285 g/mol. The third-order valence-electron chi connectivity index (χ3n) is 3.89. The maximum atomic E-state index is 12.4. The largest absolute Gasteiger partial charge is 0.449 e. The average Bonchev–Trinajstić information content (AvgIpc) is 2.46. The fourth-order valence-corrected chi connectivity index (χ4v) is 2.45. The number of fused-ring (bicyclic) bond motifs is 2. The molecule has 0 atom stereocenters. The third kappa shape index (κ3) is 1.86. The lowest BCUT2D eigenvalue weighted by Crippen LogP contribution is -2.35. The third-order valence-corrected chi connectivity index (χ3v) is 3.89. The Morgan fingerprint density at radius 2 is 1.86 bits per heavy atom. The van der Waals surface area contributed by atoms with Gasteiger partial charge in [0.05, 0.1) is 14.2 Å². The maximum Gasteiger partial charge on any atom is 0.416 e. The quantitative estimate of drug-likeness (QED) is 0.493. The van der Waals surface area contributed by atoms with E-state index in [4.69, 9.17) is 4.74 Å². The molecule has 108 valence electrons. The maximum absolute atomic E-state index is 12.4. The molecule has 3 aromatic rings. The second-order valence-electron chi connectivity index (χ2n) is 5.23. The van der Waals surface area contributed by atoms with Gasteiger partial charge in [0.25, 0.3) is 5.56 Å². The standard InChI is InChI=1S/C15H17N4O2/c1-8-6-10-11(7-9(8)2)18(3)13-12(16-10)14(20)19(4)15(17-13)21-5/h6-7H,1-5H3/q+1. The molecule has 0 radical (unpaired) electrons. The van der Waals surface area contributed by atoms with Crippen molar-refractivity contribution in [3.8, 4) is 6.01 Å². The van der Waals surface area contributed by atoms with Crippen molar-refractivity contribution >= 4 is 22.2 Å². The van der Waals surface area contributed by atoms with Gasteiger partial charge in [-0.1, -0.05) is 0 Å². The van der Waals surface area contributed by atoms with Gasteiger partial charge in [-0.3, -0.25) is 4.79 Å². The highest BCUT2D eigenvalue weighted by Gasteiger charge is 2.22. The Balaban J connectivity index is 2.57. The van der Waals surface area contributed by atoms with Crippen molar-refractivity contribution in [2.24, 2.45) is 14.1 Å². The molecule has 0 amide bonds. The molecule has 2 aromatic heterocycles. The second-order valence-corrected chi connectivity index (χ2v) is 5.23. The van der Waals surface area contributed by atoms with E-state index in [0.29, 0.717) is 11.2 Å². The number of benzene rings is 1. The van der Waals surface area contributed by atoms with Gasteiger partial charge in [-0.15, -0.1) is 0 Å². The van der Waals surface area contributed by atoms with Gasteiger partial charge in [-0.25, -0.2) is 14.1 Å². The summed E-state index contributed by atoms with van der Waals surface area (Å²) in [6, 6.07) is 4.32. The summed E-state index contributed by atoms with van der Waals surface area (Å²) in [5.74, 6) is 0. The van der Waals surface area contributed by atoms with Crippen LogP contribution < -0.4 is 14.9 Å². The summed E-state index contributed by atoms with van der Waals surface area (Å²) in [7, 11) is 5.00. The normalized spacial score (nSPS) is 11.3. The van der Waals surface area contributed by atoms with Gasteiger partial charge >= 0.3 is 11.7 Å². The minimum absolute atomic E-state index is 0.215. The molecule has 3 rings (SSSR count). The molecule has 0 aliphatic heterocycles. The Bertz CT molecular complexity index is 944. The molecule has 0 spiro atoms. The van der Waals surface area contributed by atoms with Crippen LogP contribution in [0.4, 0.5) is 0 Å². The van der Waals surface area contributed by atoms with Gasteiger partial charge in [0.2, 0.25) is 5.52 Å². The molecule has 0 aliphatic rings. The molecular formula is C15H17N4O2+. The minimum Gasteiger partial charge on any atom is -0.449 e. The fraction of sp³-hybridized carbons (Fsp3) is 0.333. The van der Waals surface area contributed by atoms with Crippen LogP contribution in [0.3, 0.4) is 0 Å². The predicted molar refractivity (Wildman–Crippen MR) is 79.5 cm³/mol. The first-order valence-corrected chi connectivity index (χ1v) is 6.65. The first-order chi connectivity index (χ1) is 9.93. The lowest BCUT2D eigenvalue weighted by Gasteiger charge is -2.07. The van der Waals surface area contributed by atoms with E-state index in [-0.39, 0.29) is 11.6 Å². The van der Waals surface area contributed by atoms with Crippen molar-refractivity contribution in [2.45, 2.75) is 13.8 Å². The molecule has 0 N–H and O–H groups in total. The molecule has 6 heteroatoms. The van der Waals surface area contributed by atoms with E-state index in [0.717, 1.165) is 16.6 Å². The molecular weight excluding hydrogens is 268 g/mol. The fourth-order valence-electron chi connectivity index (χ4n) is 2.45. The highest BCUT2D eigenvalue weighted by Crippen LogP contribution is 2.17. The number of ether oxygens (including phenoxy) is 1. The van der Waals surface area contributed by atoms with E-state index >= 15 is 0 Å². The molecule has 0 fully saturated rings. The van der Waals surface area contributed by atoms with E-state index in [2.05, 4.69) is 23.0 Å². The number of aromatic nitrogens is 4. The van der Waals surface area contributed by atoms with Crippen molar-refractivity contribution in [1.82, 2.24) is 14.5 Å². The SMILES string of the molecule is COc1nc2c(nc3cc(C)c(C)cc3[n+]2C)c(=O)n1C. The molecule has 0 saturated heterocycles. The van der Waals surface area contributed by atoms with Crippen molar-refractivity contribution < 1.29 is 9.30 Å².